The molecule has 0 aliphatic heterocycles. The van der Waals surface area contributed by atoms with Gasteiger partial charge in [0.15, 0.2) is 0 Å². The number of rotatable bonds is 6. The largest absolute Gasteiger partial charge is 0.299 e. The zero-order chi connectivity index (χ0) is 22.8. The summed E-state index contributed by atoms with van der Waals surface area (Å²) in [5, 5.41) is 0. The van der Waals surface area contributed by atoms with Crippen LogP contribution in [0.3, 0.4) is 0 Å². The Morgan fingerprint density at radius 3 is 2.06 bits per heavy atom. The molecule has 2 aromatic heterocycles. The lowest BCUT2D eigenvalue weighted by atomic mass is 9.93. The maximum Gasteiger partial charge on any atom is 0.144 e. The van der Waals surface area contributed by atoms with Crippen molar-refractivity contribution < 1.29 is 0 Å². The van der Waals surface area contributed by atoms with Crippen LogP contribution in [0.15, 0.2) is 97.3 Å². The molecule has 33 heavy (non-hydrogen) atoms. The van der Waals surface area contributed by atoms with Gasteiger partial charge in [0.2, 0.25) is 0 Å². The minimum atomic E-state index is 0.393. The quantitative estimate of drug-likeness (QED) is 0.254. The van der Waals surface area contributed by atoms with Gasteiger partial charge in [-0.15, -0.1) is 11.3 Å². The second-order valence-electron chi connectivity index (χ2n) is 8.60. The number of hydrogen-bond acceptors (Lipinski definition) is 2. The monoisotopic (exact) mass is 448 g/mol. The molecular weight excluding hydrogens is 420 g/mol. The van der Waals surface area contributed by atoms with E-state index in [1.165, 1.54) is 37.7 Å². The van der Waals surface area contributed by atoms with Gasteiger partial charge in [-0.05, 0) is 58.9 Å². The molecule has 5 rings (SSSR count). The Hall–Kier alpha value is -3.43. The smallest absolute Gasteiger partial charge is 0.144 e. The SMILES string of the molecule is CCc1cc(-c2ccc(-c3ccccc3)s2)cc(C(C)C)c1-n1ccnc1-c1ccccc1. The lowest BCUT2D eigenvalue weighted by molar-refractivity contribution is 0.840. The molecule has 0 radical (unpaired) electrons. The molecule has 164 valence electrons. The first-order chi connectivity index (χ1) is 16.2. The maximum absolute atomic E-state index is 4.72. The molecule has 3 aromatic carbocycles. The molecule has 5 aromatic rings. The van der Waals surface area contributed by atoms with E-state index in [9.17, 15) is 0 Å². The highest BCUT2D eigenvalue weighted by molar-refractivity contribution is 7.18. The van der Waals surface area contributed by atoms with E-state index in [4.69, 9.17) is 4.98 Å². The predicted molar refractivity (Wildman–Crippen MR) is 141 cm³/mol. The van der Waals surface area contributed by atoms with Crippen LogP contribution in [0.1, 0.15) is 37.8 Å². The summed E-state index contributed by atoms with van der Waals surface area (Å²) in [5.41, 5.74) is 7.68. The van der Waals surface area contributed by atoms with Crippen LogP contribution in [-0.2, 0) is 6.42 Å². The third-order valence-corrected chi connectivity index (χ3v) is 7.27. The Labute approximate surface area is 200 Å². The molecule has 0 spiro atoms. The van der Waals surface area contributed by atoms with E-state index in [2.05, 4.69) is 110 Å². The van der Waals surface area contributed by atoms with Gasteiger partial charge in [-0.2, -0.15) is 0 Å². The van der Waals surface area contributed by atoms with E-state index in [1.807, 2.05) is 23.6 Å². The van der Waals surface area contributed by atoms with Gasteiger partial charge in [-0.1, -0.05) is 81.4 Å². The second-order valence-corrected chi connectivity index (χ2v) is 9.68. The first kappa shape index (κ1) is 21.4. The van der Waals surface area contributed by atoms with Gasteiger partial charge >= 0.3 is 0 Å². The maximum atomic E-state index is 4.72. The van der Waals surface area contributed by atoms with E-state index in [-0.39, 0.29) is 0 Å². The van der Waals surface area contributed by atoms with E-state index in [0.717, 1.165) is 17.8 Å². The van der Waals surface area contributed by atoms with Crippen molar-refractivity contribution in [2.24, 2.45) is 0 Å². The van der Waals surface area contributed by atoms with Crippen LogP contribution in [0.5, 0.6) is 0 Å². The zero-order valence-corrected chi connectivity index (χ0v) is 20.1. The van der Waals surface area contributed by atoms with Crippen molar-refractivity contribution in [3.8, 4) is 38.0 Å². The number of hydrogen-bond donors (Lipinski definition) is 0. The van der Waals surface area contributed by atoms with Gasteiger partial charge < -0.3 is 0 Å². The molecule has 0 bridgehead atoms. The van der Waals surface area contributed by atoms with Gasteiger partial charge in [-0.3, -0.25) is 4.57 Å². The third kappa shape index (κ3) is 4.17. The number of aromatic nitrogens is 2. The average molecular weight is 449 g/mol. The second kappa shape index (κ2) is 9.21. The van der Waals surface area contributed by atoms with Crippen molar-refractivity contribution in [2.75, 3.05) is 0 Å². The molecule has 0 unspecified atom stereocenters. The first-order valence-electron chi connectivity index (χ1n) is 11.6. The van der Waals surface area contributed by atoms with Crippen molar-refractivity contribution >= 4 is 11.3 Å². The highest BCUT2D eigenvalue weighted by Crippen LogP contribution is 2.39. The highest BCUT2D eigenvalue weighted by atomic mass is 32.1. The number of imidazole rings is 1. The van der Waals surface area contributed by atoms with E-state index in [1.54, 1.807) is 0 Å². The average Bonchev–Trinajstić information content (AvgIpc) is 3.54. The number of nitrogens with zero attached hydrogens (tertiary/aromatic N) is 2. The normalized spacial score (nSPS) is 11.3. The Kier molecular flexibility index (Phi) is 5.97. The van der Waals surface area contributed by atoms with Crippen LogP contribution >= 0.6 is 11.3 Å². The topological polar surface area (TPSA) is 17.8 Å². The van der Waals surface area contributed by atoms with Gasteiger partial charge in [0.05, 0.1) is 5.69 Å². The van der Waals surface area contributed by atoms with Crippen LogP contribution < -0.4 is 0 Å². The van der Waals surface area contributed by atoms with Crippen molar-refractivity contribution in [3.05, 3.63) is 108 Å². The van der Waals surface area contributed by atoms with Crippen LogP contribution in [-0.4, -0.2) is 9.55 Å². The van der Waals surface area contributed by atoms with E-state index >= 15 is 0 Å². The molecular formula is C30H28N2S. The zero-order valence-electron chi connectivity index (χ0n) is 19.3. The summed E-state index contributed by atoms with van der Waals surface area (Å²) in [5.74, 6) is 1.38. The van der Waals surface area contributed by atoms with Gasteiger partial charge in [0, 0.05) is 27.7 Å². The molecule has 0 atom stereocenters. The number of thiophene rings is 1. The number of aryl methyl sites for hydroxylation is 1. The van der Waals surface area contributed by atoms with Crippen LogP contribution in [0.4, 0.5) is 0 Å². The predicted octanol–water partition coefficient (Wildman–Crippen LogP) is 8.62. The molecule has 2 heterocycles. The standard InChI is InChI=1S/C30H28N2S/c1-4-22-19-25(28-16-15-27(33-28)23-11-7-5-8-12-23)20-26(21(2)3)29(22)32-18-17-31-30(32)24-13-9-6-10-14-24/h5-21H,4H2,1-3H3. The fourth-order valence-electron chi connectivity index (χ4n) is 4.40. The van der Waals surface area contributed by atoms with Crippen molar-refractivity contribution in [2.45, 2.75) is 33.1 Å². The van der Waals surface area contributed by atoms with Crippen LogP contribution in [0.2, 0.25) is 0 Å². The molecule has 2 nitrogen and oxygen atoms in total. The molecule has 3 heteroatoms. The van der Waals surface area contributed by atoms with Crippen molar-refractivity contribution in [1.29, 1.82) is 0 Å². The summed E-state index contributed by atoms with van der Waals surface area (Å²) in [6, 6.07) is 30.3. The Balaban J connectivity index is 1.64. The van der Waals surface area contributed by atoms with Crippen LogP contribution in [0.25, 0.3) is 38.0 Å². The van der Waals surface area contributed by atoms with E-state index in [0.29, 0.717) is 5.92 Å². The molecule has 0 N–H and O–H groups in total. The van der Waals surface area contributed by atoms with Gasteiger partial charge in [-0.25, -0.2) is 4.98 Å². The van der Waals surface area contributed by atoms with Gasteiger partial charge in [0.25, 0.3) is 0 Å². The number of benzene rings is 3. The summed E-state index contributed by atoms with van der Waals surface area (Å²) in [7, 11) is 0. The van der Waals surface area contributed by atoms with E-state index < -0.39 is 0 Å². The summed E-state index contributed by atoms with van der Waals surface area (Å²) < 4.78 is 2.27. The molecule has 0 aliphatic rings. The fraction of sp³-hybridized carbons (Fsp3) is 0.167. The molecule has 0 fully saturated rings. The third-order valence-electron chi connectivity index (χ3n) is 6.08. The Morgan fingerprint density at radius 1 is 0.788 bits per heavy atom. The van der Waals surface area contributed by atoms with Gasteiger partial charge in [0.1, 0.15) is 5.82 Å². The minimum absolute atomic E-state index is 0.393. The van der Waals surface area contributed by atoms with Crippen molar-refractivity contribution in [1.82, 2.24) is 9.55 Å². The molecule has 0 amide bonds. The summed E-state index contributed by atoms with van der Waals surface area (Å²) >= 11 is 1.86. The summed E-state index contributed by atoms with van der Waals surface area (Å²) in [6.45, 7) is 6.81. The molecule has 0 aliphatic carbocycles. The Morgan fingerprint density at radius 2 is 1.42 bits per heavy atom. The summed E-state index contributed by atoms with van der Waals surface area (Å²) in [6.07, 6.45) is 4.97. The van der Waals surface area contributed by atoms with Crippen molar-refractivity contribution in [3.63, 3.8) is 0 Å². The molecule has 0 saturated heterocycles. The minimum Gasteiger partial charge on any atom is -0.299 e. The lowest BCUT2D eigenvalue weighted by Crippen LogP contribution is -2.07. The summed E-state index contributed by atoms with van der Waals surface area (Å²) in [4.78, 5) is 7.34. The highest BCUT2D eigenvalue weighted by Gasteiger charge is 2.19. The molecule has 0 saturated carbocycles. The Bertz CT molecular complexity index is 1360. The lowest BCUT2D eigenvalue weighted by Gasteiger charge is -2.21. The fourth-order valence-corrected chi connectivity index (χ4v) is 5.40. The van der Waals surface area contributed by atoms with Crippen LogP contribution in [0, 0.1) is 0 Å². The first-order valence-corrected chi connectivity index (χ1v) is 12.4.